The lowest BCUT2D eigenvalue weighted by Crippen LogP contribution is -2.21. The van der Waals surface area contributed by atoms with Crippen LogP contribution in [0.5, 0.6) is 0 Å². The Morgan fingerprint density at radius 1 is 1.55 bits per heavy atom. The van der Waals surface area contributed by atoms with Crippen molar-refractivity contribution in [2.75, 3.05) is 0 Å². The van der Waals surface area contributed by atoms with Crippen LogP contribution in [-0.4, -0.2) is 22.3 Å². The molecule has 3 nitrogen and oxygen atoms in total. The Bertz CT molecular complexity index is 231. The van der Waals surface area contributed by atoms with Crippen molar-refractivity contribution < 1.29 is 15.0 Å². The summed E-state index contributed by atoms with van der Waals surface area (Å²) in [6, 6.07) is 0. The number of aliphatic hydroxyl groups is 1. The molecular weight excluding hydrogens is 144 g/mol. The van der Waals surface area contributed by atoms with Crippen molar-refractivity contribution in [2.24, 2.45) is 11.8 Å². The second-order valence-electron chi connectivity index (χ2n) is 3.33. The number of rotatable bonds is 1. The Labute approximate surface area is 64.3 Å². The lowest BCUT2D eigenvalue weighted by molar-refractivity contribution is -0.133. The second kappa shape index (κ2) is 2.08. The molecule has 0 aliphatic heterocycles. The average Bonchev–Trinajstić information content (AvgIpc) is 2.43. The maximum Gasteiger partial charge on any atom is 0.331 e. The Morgan fingerprint density at radius 2 is 2.27 bits per heavy atom. The normalized spacial score (nSPS) is 40.8. The summed E-state index contributed by atoms with van der Waals surface area (Å²) in [6.07, 6.45) is 2.97. The summed E-state index contributed by atoms with van der Waals surface area (Å²) >= 11 is 0. The Hall–Kier alpha value is -0.830. The van der Waals surface area contributed by atoms with Crippen LogP contribution in [0.3, 0.4) is 0 Å². The SMILES string of the molecule is O=C(O)C1=CC2CC(O)C1C2. The number of aliphatic hydroxyl groups excluding tert-OH is 1. The monoisotopic (exact) mass is 154 g/mol. The highest BCUT2D eigenvalue weighted by Crippen LogP contribution is 2.43. The Morgan fingerprint density at radius 3 is 2.64 bits per heavy atom. The second-order valence-corrected chi connectivity index (χ2v) is 3.33. The van der Waals surface area contributed by atoms with Gasteiger partial charge in [-0.05, 0) is 18.8 Å². The van der Waals surface area contributed by atoms with Crippen molar-refractivity contribution in [1.82, 2.24) is 0 Å². The van der Waals surface area contributed by atoms with Crippen LogP contribution in [0.1, 0.15) is 12.8 Å². The van der Waals surface area contributed by atoms with Gasteiger partial charge in [0.25, 0.3) is 0 Å². The highest BCUT2D eigenvalue weighted by molar-refractivity contribution is 5.88. The van der Waals surface area contributed by atoms with E-state index >= 15 is 0 Å². The molecule has 2 bridgehead atoms. The van der Waals surface area contributed by atoms with Crippen LogP contribution >= 0.6 is 0 Å². The summed E-state index contributed by atoms with van der Waals surface area (Å²) in [4.78, 5) is 10.6. The van der Waals surface area contributed by atoms with Crippen molar-refractivity contribution in [3.63, 3.8) is 0 Å². The molecule has 0 heterocycles. The Kier molecular flexibility index (Phi) is 1.29. The average molecular weight is 154 g/mol. The first kappa shape index (κ1) is 6.85. The van der Waals surface area contributed by atoms with Gasteiger partial charge in [-0.1, -0.05) is 6.08 Å². The molecule has 0 radical (unpaired) electrons. The molecule has 3 unspecified atom stereocenters. The summed E-state index contributed by atoms with van der Waals surface area (Å²) in [5.41, 5.74) is 0.425. The number of carboxylic acid groups (broad SMARTS) is 1. The Balaban J connectivity index is 2.26. The first-order valence-corrected chi connectivity index (χ1v) is 3.81. The maximum absolute atomic E-state index is 10.6. The standard InChI is InChI=1S/C8H10O3/c9-7-3-4-1-5(7)6(2-4)8(10)11/h2,4-5,7,9H,1,3H2,(H,10,11). The topological polar surface area (TPSA) is 57.5 Å². The van der Waals surface area contributed by atoms with Crippen molar-refractivity contribution in [1.29, 1.82) is 0 Å². The highest BCUT2D eigenvalue weighted by atomic mass is 16.4. The van der Waals surface area contributed by atoms with E-state index in [0.29, 0.717) is 11.5 Å². The fourth-order valence-corrected chi connectivity index (χ4v) is 2.13. The molecule has 2 aliphatic carbocycles. The summed E-state index contributed by atoms with van der Waals surface area (Å²) in [5.74, 6) is -0.630. The van der Waals surface area contributed by atoms with Gasteiger partial charge in [-0.3, -0.25) is 0 Å². The molecule has 60 valence electrons. The van der Waals surface area contributed by atoms with Gasteiger partial charge >= 0.3 is 5.97 Å². The fourth-order valence-electron chi connectivity index (χ4n) is 2.13. The molecule has 0 saturated heterocycles. The van der Waals surface area contributed by atoms with Gasteiger partial charge in [-0.2, -0.15) is 0 Å². The third-order valence-corrected chi connectivity index (χ3v) is 2.63. The zero-order valence-electron chi connectivity index (χ0n) is 6.03. The van der Waals surface area contributed by atoms with Crippen LogP contribution < -0.4 is 0 Å². The molecule has 3 atom stereocenters. The molecule has 2 rings (SSSR count). The first-order valence-electron chi connectivity index (χ1n) is 3.81. The lowest BCUT2D eigenvalue weighted by atomic mass is 9.96. The van der Waals surface area contributed by atoms with Crippen LogP contribution in [0.2, 0.25) is 0 Å². The van der Waals surface area contributed by atoms with Gasteiger partial charge in [-0.15, -0.1) is 0 Å². The van der Waals surface area contributed by atoms with Gasteiger partial charge in [0.05, 0.1) is 6.10 Å². The third-order valence-electron chi connectivity index (χ3n) is 2.63. The van der Waals surface area contributed by atoms with Crippen molar-refractivity contribution >= 4 is 5.97 Å². The number of allylic oxidation sites excluding steroid dienone is 1. The van der Waals surface area contributed by atoms with Gasteiger partial charge in [-0.25, -0.2) is 4.79 Å². The number of hydrogen-bond donors (Lipinski definition) is 2. The number of hydrogen-bond acceptors (Lipinski definition) is 2. The molecule has 0 aromatic heterocycles. The third kappa shape index (κ3) is 0.878. The minimum atomic E-state index is -0.865. The minimum absolute atomic E-state index is 0.0856. The summed E-state index contributed by atoms with van der Waals surface area (Å²) < 4.78 is 0. The van der Waals surface area contributed by atoms with Gasteiger partial charge in [0.2, 0.25) is 0 Å². The summed E-state index contributed by atoms with van der Waals surface area (Å²) in [5, 5.41) is 18.0. The van der Waals surface area contributed by atoms with Crippen LogP contribution in [-0.2, 0) is 4.79 Å². The lowest BCUT2D eigenvalue weighted by Gasteiger charge is -2.15. The van der Waals surface area contributed by atoms with E-state index in [1.807, 2.05) is 0 Å². The van der Waals surface area contributed by atoms with Crippen LogP contribution in [0, 0.1) is 11.8 Å². The maximum atomic E-state index is 10.6. The molecule has 1 saturated carbocycles. The van der Waals surface area contributed by atoms with Crippen molar-refractivity contribution in [3.05, 3.63) is 11.6 Å². The summed E-state index contributed by atoms with van der Waals surface area (Å²) in [6.45, 7) is 0. The quantitative estimate of drug-likeness (QED) is 0.574. The fraction of sp³-hybridized carbons (Fsp3) is 0.625. The largest absolute Gasteiger partial charge is 0.478 e. The molecule has 2 aliphatic rings. The smallest absolute Gasteiger partial charge is 0.331 e. The predicted octanol–water partition coefficient (Wildman–Crippen LogP) is 0.398. The van der Waals surface area contributed by atoms with E-state index in [2.05, 4.69) is 0 Å². The van der Waals surface area contributed by atoms with Crippen molar-refractivity contribution in [2.45, 2.75) is 18.9 Å². The van der Waals surface area contributed by atoms with Gasteiger partial charge in [0.1, 0.15) is 0 Å². The molecule has 3 heteroatoms. The van der Waals surface area contributed by atoms with E-state index in [4.69, 9.17) is 5.11 Å². The number of carboxylic acids is 1. The van der Waals surface area contributed by atoms with E-state index in [1.165, 1.54) is 0 Å². The van der Waals surface area contributed by atoms with E-state index in [-0.39, 0.29) is 5.92 Å². The van der Waals surface area contributed by atoms with Gasteiger partial charge in [0.15, 0.2) is 0 Å². The molecule has 0 spiro atoms. The van der Waals surface area contributed by atoms with E-state index in [9.17, 15) is 9.90 Å². The zero-order chi connectivity index (χ0) is 8.01. The summed E-state index contributed by atoms with van der Waals surface area (Å²) in [7, 11) is 0. The van der Waals surface area contributed by atoms with Crippen LogP contribution in [0.15, 0.2) is 11.6 Å². The zero-order valence-corrected chi connectivity index (χ0v) is 6.03. The van der Waals surface area contributed by atoms with E-state index in [0.717, 1.165) is 12.8 Å². The molecular formula is C8H10O3. The number of fused-ring (bicyclic) bond motifs is 2. The predicted molar refractivity (Wildman–Crippen MR) is 37.9 cm³/mol. The number of carbonyl (C=O) groups is 1. The van der Waals surface area contributed by atoms with E-state index < -0.39 is 12.1 Å². The van der Waals surface area contributed by atoms with Crippen LogP contribution in [0.25, 0.3) is 0 Å². The molecule has 0 aromatic rings. The van der Waals surface area contributed by atoms with Gasteiger partial charge < -0.3 is 10.2 Å². The van der Waals surface area contributed by atoms with Gasteiger partial charge in [0, 0.05) is 11.5 Å². The number of aliphatic carboxylic acids is 1. The molecule has 1 fully saturated rings. The first-order chi connectivity index (χ1) is 5.18. The van der Waals surface area contributed by atoms with Crippen LogP contribution in [0.4, 0.5) is 0 Å². The molecule has 2 N–H and O–H groups in total. The molecule has 0 amide bonds. The molecule has 0 aromatic carbocycles. The van der Waals surface area contributed by atoms with E-state index in [1.54, 1.807) is 6.08 Å². The molecule has 11 heavy (non-hydrogen) atoms. The minimum Gasteiger partial charge on any atom is -0.478 e. The van der Waals surface area contributed by atoms with Crippen molar-refractivity contribution in [3.8, 4) is 0 Å². The highest BCUT2D eigenvalue weighted by Gasteiger charge is 2.42.